The standard InChI is InChI=1S/C19H26O3S/c1-12(2)15-11-19(4)13(3)17(22-18(21)8-9-23-5)7-6-14(19)10-16(15)20/h8-10,13,15,17H,1,6-7,11H2,2-5H3/b9-8+/t13-,15+,17+,19+/m0/s1. The van der Waals surface area contributed by atoms with Crippen molar-refractivity contribution in [1.29, 1.82) is 0 Å². The second-order valence-corrected chi connectivity index (χ2v) is 7.68. The Labute approximate surface area is 143 Å². The molecular weight excluding hydrogens is 308 g/mol. The second-order valence-electron chi connectivity index (χ2n) is 6.93. The number of esters is 1. The minimum atomic E-state index is -0.282. The van der Waals surface area contributed by atoms with Gasteiger partial charge in [-0.05, 0) is 49.3 Å². The summed E-state index contributed by atoms with van der Waals surface area (Å²) in [7, 11) is 0. The molecule has 0 spiro atoms. The SMILES string of the molecule is C=C(C)[C@H]1C[C@@]2(C)C(=CC1=O)CC[C@@H](OC(=O)/C=C/SC)[C@@H]2C. The molecule has 4 heteroatoms. The first kappa shape index (κ1) is 18.1. The number of carbonyl (C=O) groups excluding carboxylic acids is 2. The molecule has 0 amide bonds. The van der Waals surface area contributed by atoms with Gasteiger partial charge in [0.15, 0.2) is 5.78 Å². The van der Waals surface area contributed by atoms with Gasteiger partial charge in [0.25, 0.3) is 0 Å². The molecule has 2 aliphatic carbocycles. The first-order valence-corrected chi connectivity index (χ1v) is 9.38. The van der Waals surface area contributed by atoms with Crippen LogP contribution in [-0.2, 0) is 14.3 Å². The summed E-state index contributed by atoms with van der Waals surface area (Å²) in [5.74, 6) is -0.0350. The van der Waals surface area contributed by atoms with Crippen LogP contribution in [0.3, 0.4) is 0 Å². The molecule has 0 saturated heterocycles. The van der Waals surface area contributed by atoms with E-state index in [1.165, 1.54) is 23.4 Å². The Kier molecular flexibility index (Phi) is 5.56. The van der Waals surface area contributed by atoms with Crippen molar-refractivity contribution >= 4 is 23.5 Å². The van der Waals surface area contributed by atoms with Gasteiger partial charge in [-0.2, -0.15) is 0 Å². The summed E-state index contributed by atoms with van der Waals surface area (Å²) in [5.41, 5.74) is 2.02. The van der Waals surface area contributed by atoms with Crippen LogP contribution in [-0.4, -0.2) is 24.1 Å². The highest BCUT2D eigenvalue weighted by Gasteiger charge is 2.48. The molecule has 0 aromatic heterocycles. The van der Waals surface area contributed by atoms with Crippen LogP contribution in [0.4, 0.5) is 0 Å². The average molecular weight is 334 g/mol. The first-order valence-electron chi connectivity index (χ1n) is 8.10. The summed E-state index contributed by atoms with van der Waals surface area (Å²) in [4.78, 5) is 24.2. The van der Waals surface area contributed by atoms with Crippen LogP contribution in [0.15, 0.2) is 35.3 Å². The van der Waals surface area contributed by atoms with Crippen LogP contribution >= 0.6 is 11.8 Å². The smallest absolute Gasteiger partial charge is 0.331 e. The van der Waals surface area contributed by atoms with Crippen molar-refractivity contribution in [2.45, 2.75) is 46.1 Å². The van der Waals surface area contributed by atoms with Crippen LogP contribution in [0.5, 0.6) is 0 Å². The number of hydrogen-bond donors (Lipinski definition) is 0. The fourth-order valence-electron chi connectivity index (χ4n) is 3.78. The number of ketones is 1. The molecule has 1 fully saturated rings. The van der Waals surface area contributed by atoms with Gasteiger partial charge in [0.1, 0.15) is 6.10 Å². The lowest BCUT2D eigenvalue weighted by atomic mass is 9.57. The Morgan fingerprint density at radius 3 is 2.83 bits per heavy atom. The maximum atomic E-state index is 12.3. The Hall–Kier alpha value is -1.29. The molecule has 0 unspecified atom stereocenters. The lowest BCUT2D eigenvalue weighted by molar-refractivity contribution is -0.150. The van der Waals surface area contributed by atoms with E-state index < -0.39 is 0 Å². The minimum Gasteiger partial charge on any atom is -0.459 e. The topological polar surface area (TPSA) is 43.4 Å². The quantitative estimate of drug-likeness (QED) is 0.437. The van der Waals surface area contributed by atoms with E-state index in [0.717, 1.165) is 24.8 Å². The first-order chi connectivity index (χ1) is 10.8. The third kappa shape index (κ3) is 3.63. The molecule has 0 radical (unpaired) electrons. The molecule has 126 valence electrons. The van der Waals surface area contributed by atoms with Crippen LogP contribution in [0.2, 0.25) is 0 Å². The number of allylic oxidation sites excluding steroid dienone is 3. The fraction of sp³-hybridized carbons (Fsp3) is 0.579. The Morgan fingerprint density at radius 2 is 2.22 bits per heavy atom. The van der Waals surface area contributed by atoms with Crippen LogP contribution < -0.4 is 0 Å². The summed E-state index contributed by atoms with van der Waals surface area (Å²) >= 11 is 1.48. The molecule has 1 saturated carbocycles. The molecule has 23 heavy (non-hydrogen) atoms. The summed E-state index contributed by atoms with van der Waals surface area (Å²) in [5, 5.41) is 1.74. The molecule has 0 aromatic carbocycles. The number of ether oxygens (including phenoxy) is 1. The van der Waals surface area contributed by atoms with Gasteiger partial charge in [0.2, 0.25) is 0 Å². The predicted octanol–water partition coefficient (Wildman–Crippen LogP) is 4.30. The highest BCUT2D eigenvalue weighted by atomic mass is 32.2. The van der Waals surface area contributed by atoms with Gasteiger partial charge >= 0.3 is 5.97 Å². The Morgan fingerprint density at radius 1 is 1.52 bits per heavy atom. The molecule has 2 rings (SSSR count). The zero-order valence-electron chi connectivity index (χ0n) is 14.4. The van der Waals surface area contributed by atoms with Gasteiger partial charge in [-0.25, -0.2) is 4.79 Å². The summed E-state index contributed by atoms with van der Waals surface area (Å²) in [6, 6.07) is 0. The van der Waals surface area contributed by atoms with Crippen molar-refractivity contribution in [3.63, 3.8) is 0 Å². The Balaban J connectivity index is 2.20. The van der Waals surface area contributed by atoms with Crippen LogP contribution in [0, 0.1) is 17.3 Å². The van der Waals surface area contributed by atoms with Gasteiger partial charge in [0.05, 0.1) is 0 Å². The van der Waals surface area contributed by atoms with E-state index in [1.807, 2.05) is 19.3 Å². The maximum absolute atomic E-state index is 12.3. The van der Waals surface area contributed by atoms with E-state index in [0.29, 0.717) is 0 Å². The Bertz CT molecular complexity index is 575. The minimum absolute atomic E-state index is 0.102. The molecule has 3 nitrogen and oxygen atoms in total. The molecule has 0 N–H and O–H groups in total. The highest BCUT2D eigenvalue weighted by Crippen LogP contribution is 2.52. The van der Waals surface area contributed by atoms with Crippen LogP contribution in [0.1, 0.15) is 40.0 Å². The monoisotopic (exact) mass is 334 g/mol. The second kappa shape index (κ2) is 7.08. The van der Waals surface area contributed by atoms with Gasteiger partial charge in [-0.1, -0.05) is 31.6 Å². The zero-order valence-corrected chi connectivity index (χ0v) is 15.2. The van der Waals surface area contributed by atoms with E-state index in [2.05, 4.69) is 20.4 Å². The van der Waals surface area contributed by atoms with Crippen molar-refractivity contribution < 1.29 is 14.3 Å². The van der Waals surface area contributed by atoms with Gasteiger partial charge in [-0.3, -0.25) is 4.79 Å². The maximum Gasteiger partial charge on any atom is 0.331 e. The number of hydrogen-bond acceptors (Lipinski definition) is 4. The number of carbonyl (C=O) groups is 2. The van der Waals surface area contributed by atoms with E-state index >= 15 is 0 Å². The van der Waals surface area contributed by atoms with Gasteiger partial charge in [-0.15, -0.1) is 11.8 Å². The number of fused-ring (bicyclic) bond motifs is 1. The van der Waals surface area contributed by atoms with Gasteiger partial charge < -0.3 is 4.74 Å². The van der Waals surface area contributed by atoms with E-state index in [4.69, 9.17) is 4.74 Å². The third-order valence-corrected chi connectivity index (χ3v) is 5.89. The van der Waals surface area contributed by atoms with Crippen LogP contribution in [0.25, 0.3) is 0 Å². The predicted molar refractivity (Wildman–Crippen MR) is 95.1 cm³/mol. The van der Waals surface area contributed by atoms with Gasteiger partial charge in [0, 0.05) is 17.9 Å². The molecule has 4 atom stereocenters. The van der Waals surface area contributed by atoms with E-state index in [-0.39, 0.29) is 35.1 Å². The molecule has 0 bridgehead atoms. The lowest BCUT2D eigenvalue weighted by Crippen LogP contribution is -2.46. The van der Waals surface area contributed by atoms with Crippen molar-refractivity contribution in [3.8, 4) is 0 Å². The molecule has 0 aromatic rings. The molecule has 0 aliphatic heterocycles. The summed E-state index contributed by atoms with van der Waals surface area (Å²) in [6.07, 6.45) is 7.48. The number of rotatable bonds is 4. The molecule has 2 aliphatic rings. The lowest BCUT2D eigenvalue weighted by Gasteiger charge is -2.49. The molecular formula is C19H26O3S. The third-order valence-electron chi connectivity index (χ3n) is 5.49. The van der Waals surface area contributed by atoms with Crippen molar-refractivity contribution in [3.05, 3.63) is 35.3 Å². The van der Waals surface area contributed by atoms with E-state index in [9.17, 15) is 9.59 Å². The van der Waals surface area contributed by atoms with Crippen molar-refractivity contribution in [2.75, 3.05) is 6.26 Å². The average Bonchev–Trinajstić information content (AvgIpc) is 2.49. The number of thioether (sulfide) groups is 1. The zero-order chi connectivity index (χ0) is 17.2. The summed E-state index contributed by atoms with van der Waals surface area (Å²) in [6.45, 7) is 10.2. The highest BCUT2D eigenvalue weighted by molar-refractivity contribution is 8.01. The largest absolute Gasteiger partial charge is 0.459 e. The van der Waals surface area contributed by atoms with E-state index in [1.54, 1.807) is 5.41 Å². The fourth-order valence-corrected chi connectivity index (χ4v) is 4.02. The normalized spacial score (nSPS) is 34.0. The molecule has 0 heterocycles. The summed E-state index contributed by atoms with van der Waals surface area (Å²) < 4.78 is 5.67. The van der Waals surface area contributed by atoms with Crippen molar-refractivity contribution in [1.82, 2.24) is 0 Å². The van der Waals surface area contributed by atoms with Crippen molar-refractivity contribution in [2.24, 2.45) is 17.3 Å².